The number of benzene rings is 4. The summed E-state index contributed by atoms with van der Waals surface area (Å²) in [5, 5.41) is 120. The molecule has 0 aliphatic carbocycles. The van der Waals surface area contributed by atoms with Crippen LogP contribution in [0.15, 0.2) is 91.0 Å². The lowest BCUT2D eigenvalue weighted by Gasteiger charge is -2.31. The fourth-order valence-corrected chi connectivity index (χ4v) is 17.8. The number of carboxylic acids is 1. The number of amides is 15. The van der Waals surface area contributed by atoms with E-state index in [9.17, 15) is 29.7 Å². The van der Waals surface area contributed by atoms with Gasteiger partial charge < -0.3 is 168 Å². The number of nitrogens with two attached hydrogens (primary N) is 9. The van der Waals surface area contributed by atoms with E-state index < -0.39 is 222 Å². The van der Waals surface area contributed by atoms with E-state index >= 15 is 57.5 Å². The van der Waals surface area contributed by atoms with E-state index in [2.05, 4.69) is 95.7 Å². The van der Waals surface area contributed by atoms with Gasteiger partial charge in [0.2, 0.25) is 76.8 Å². The highest BCUT2D eigenvalue weighted by Gasteiger charge is 2.43. The number of fused-ring (bicyclic) bond motifs is 2. The first-order valence-corrected chi connectivity index (χ1v) is 49.8. The minimum absolute atomic E-state index is 0.0114. The fraction of sp³-hybridized carbons (Fsp3) is 0.533. The summed E-state index contributed by atoms with van der Waals surface area (Å²) in [6, 6.07) is -0.249. The van der Waals surface area contributed by atoms with Gasteiger partial charge in [-0.2, -0.15) is 0 Å². The summed E-state index contributed by atoms with van der Waals surface area (Å²) >= 11 is 0. The number of phenols is 2. The fourth-order valence-electron chi connectivity index (χ4n) is 15.5. The summed E-state index contributed by atoms with van der Waals surface area (Å²) in [6.07, 6.45) is -1.53. The molecule has 2 fully saturated rings. The number of hydrogen-bond donors (Lipinski definition) is 35. The van der Waals surface area contributed by atoms with Crippen LogP contribution < -0.4 is 147 Å². The normalized spacial score (nSPS) is 20.2. The molecule has 2 aliphatic heterocycles. The lowest BCUT2D eigenvalue weighted by atomic mass is 10.00. The zero-order valence-electron chi connectivity index (χ0n) is 79.7. The Morgan fingerprint density at radius 2 is 0.811 bits per heavy atom. The molecule has 2 heterocycles. The largest absolute Gasteiger partial charge is 0.508 e. The number of carbonyl (C=O) groups is 15. The Kier molecular flexibility index (Phi) is 51.4. The lowest BCUT2D eigenvalue weighted by molar-refractivity contribution is -0.142. The number of phenolic OH excluding ortho intramolecular Hbond substituents is 2. The van der Waals surface area contributed by atoms with Gasteiger partial charge in [0.05, 0.1) is 6.04 Å². The minimum Gasteiger partial charge on any atom is -0.508 e. The number of rotatable bonds is 47. The van der Waals surface area contributed by atoms with Crippen LogP contribution in [0.2, 0.25) is 0 Å². The standard InChI is InChI=1S/C90H141N33O18S2/c91-35-5-3-17-58-74(129)116-63(18-4-6-36-92)83(138)123-43-13-24-70(123)82(137)120-66(46-51-28-33-56(125)34-29-51)78(133)114-60(20-9-39-107-87(98)99)73(128)112-61(22-11-42-110-90(104)141)75(130)121-68(80(135)117-64(84(139)140)23-12-41-109-89(102)103)48-142-143-49-69(81(136)119-65(45-50-26-31-55(124)32-27-50)77(132)113-59(72(127)111-58)19-8-38-106-86(96)97)122-76(131)62(21-10-40-108-88(100)101)115-79(134)67(118-71(126)57(93)16-7-37-105-85(94)95)47-52-25-30-53-14-1-2-15-54(53)44-52/h1-2,14-15,25-34,44,57-70,124-125H,3-13,16-24,35-43,45-49,91-93H2,(H,111,127)(H,112,128)(H,113,132)(H,114,133)(H,115,134)(H,116,129)(H,117,135)(H,118,126)(H,119,136)(H,120,137)(H,121,130)(H,122,131)(H,139,140)(H4,94,95,105)(H4,96,97,106)(H4,98,99,107)(H4,100,101,108)(H4,102,103,109)(H3,104,110,141)/t57-,58-,59-,60-,61-,62-,63+,64-,65-,66-,67-,68-,69-,70-/m0/s1. The van der Waals surface area contributed by atoms with Crippen LogP contribution >= 0.6 is 21.6 Å². The van der Waals surface area contributed by atoms with Crippen molar-refractivity contribution in [3.8, 4) is 11.5 Å². The number of guanidine groups is 5. The quantitative estimate of drug-likeness (QED) is 0.00847. The van der Waals surface area contributed by atoms with E-state index in [0.717, 1.165) is 32.4 Å². The van der Waals surface area contributed by atoms with Crippen molar-refractivity contribution >= 4 is 151 Å². The van der Waals surface area contributed by atoms with Crippen LogP contribution in [-0.2, 0) is 86.4 Å². The highest BCUT2D eigenvalue weighted by molar-refractivity contribution is 8.76. The molecule has 4 aromatic rings. The number of urea groups is 1. The van der Waals surface area contributed by atoms with E-state index in [4.69, 9.17) is 78.6 Å². The van der Waals surface area contributed by atoms with Crippen LogP contribution in [0, 0.1) is 27.0 Å². The topological polar surface area (TPSA) is 890 Å². The van der Waals surface area contributed by atoms with Crippen LogP contribution in [0.5, 0.6) is 11.5 Å². The number of nitrogens with one attached hydrogen (secondary N) is 23. The predicted molar refractivity (Wildman–Crippen MR) is 538 cm³/mol. The second-order valence-corrected chi connectivity index (χ2v) is 37.0. The SMILES string of the molecule is N=C(N)NCCC[C@H](NC(=O)[C@@H]1CSSC[C@H](NC(=O)[C@H](CCCNC(=N)N)NC(=O)[C@H](Cc2ccc3ccccc3c2)NC(=O)[C@@H](N)CCCNC(=N)N)C(=O)N[C@@H](Cc2ccc(O)cc2)C(=O)N[C@@H](CCCNC(=N)N)C(=O)N[C@@H](CCCCN)C(=O)N[C@H](CCCCN)C(=O)N2CCC[C@H]2C(=O)N[C@@H](Cc2ccc(O)cc2)C(=O)N[C@@H](CCCNC(=N)N)C(=O)N[C@@H](CCCNC(N)=O)C(=O)N1)C(=O)O. The Labute approximate surface area is 835 Å². The minimum atomic E-state index is -1.91. The molecular weight excluding hydrogens is 1900 g/mol. The lowest BCUT2D eigenvalue weighted by Crippen LogP contribution is -2.61. The molecule has 6 rings (SSSR count). The van der Waals surface area contributed by atoms with Gasteiger partial charge in [0.1, 0.15) is 90.0 Å². The molecule has 2 saturated heterocycles. The van der Waals surface area contributed by atoms with Gasteiger partial charge in [-0.25, -0.2) is 9.59 Å². The Bertz CT molecular complexity index is 4980. The van der Waals surface area contributed by atoms with Crippen molar-refractivity contribution < 1.29 is 87.2 Å². The molecule has 0 saturated carbocycles. The van der Waals surface area contributed by atoms with Gasteiger partial charge in [-0.3, -0.25) is 89.4 Å². The van der Waals surface area contributed by atoms with E-state index in [1.807, 2.05) is 18.2 Å². The molecule has 15 amide bonds. The number of carbonyl (C=O) groups excluding carboxylic acids is 14. The third kappa shape index (κ3) is 43.7. The maximum Gasteiger partial charge on any atom is 0.326 e. The highest BCUT2D eigenvalue weighted by Crippen LogP contribution is 2.27. The average molecular weight is 2040 g/mol. The summed E-state index contributed by atoms with van der Waals surface area (Å²) in [4.78, 5) is 225. The Hall–Kier alpha value is -14.5. The van der Waals surface area contributed by atoms with Crippen LogP contribution in [0.3, 0.4) is 0 Å². The third-order valence-electron chi connectivity index (χ3n) is 23.1. The van der Waals surface area contributed by atoms with Crippen molar-refractivity contribution in [3.63, 3.8) is 0 Å². The molecule has 14 atom stereocenters. The number of aliphatic carboxylic acids is 1. The van der Waals surface area contributed by atoms with Crippen molar-refractivity contribution in [3.05, 3.63) is 108 Å². The maximum atomic E-state index is 15.9. The van der Waals surface area contributed by atoms with Gasteiger partial charge >= 0.3 is 12.0 Å². The second kappa shape index (κ2) is 62.6. The number of hydrogen-bond acceptors (Lipinski definition) is 27. The second-order valence-electron chi connectivity index (χ2n) is 34.5. The molecule has 0 aromatic heterocycles. The van der Waals surface area contributed by atoms with E-state index in [1.165, 1.54) is 53.4 Å². The van der Waals surface area contributed by atoms with Gasteiger partial charge in [0.15, 0.2) is 29.8 Å². The summed E-state index contributed by atoms with van der Waals surface area (Å²) in [6.45, 7) is -0.147. The maximum absolute atomic E-state index is 15.9. The van der Waals surface area contributed by atoms with Crippen molar-refractivity contribution in [1.29, 1.82) is 27.0 Å². The third-order valence-corrected chi connectivity index (χ3v) is 25.5. The number of unbranched alkanes of at least 4 members (excludes halogenated alkanes) is 2. The van der Waals surface area contributed by atoms with Gasteiger partial charge in [-0.05, 0) is 193 Å². The van der Waals surface area contributed by atoms with Crippen molar-refractivity contribution in [2.75, 3.05) is 70.4 Å². The molecule has 786 valence electrons. The smallest absolute Gasteiger partial charge is 0.326 e. The van der Waals surface area contributed by atoms with Crippen LogP contribution in [0.4, 0.5) is 4.79 Å². The molecule has 51 nitrogen and oxygen atoms in total. The van der Waals surface area contributed by atoms with Gasteiger partial charge in [0, 0.05) is 76.6 Å². The summed E-state index contributed by atoms with van der Waals surface area (Å²) in [7, 11) is 1.45. The Balaban J connectivity index is 1.60. The van der Waals surface area contributed by atoms with Crippen molar-refractivity contribution in [1.82, 2.24) is 101 Å². The van der Waals surface area contributed by atoms with Crippen LogP contribution in [0.25, 0.3) is 10.8 Å². The predicted octanol–water partition coefficient (Wildman–Crippen LogP) is -6.08. The molecule has 143 heavy (non-hydrogen) atoms. The zero-order valence-corrected chi connectivity index (χ0v) is 81.3. The number of primary amides is 1. The van der Waals surface area contributed by atoms with Crippen LogP contribution in [-0.4, -0.2) is 294 Å². The summed E-state index contributed by atoms with van der Waals surface area (Å²) < 4.78 is 0. The van der Waals surface area contributed by atoms with Gasteiger partial charge in [-0.1, -0.05) is 88.3 Å². The zero-order chi connectivity index (χ0) is 105. The highest BCUT2D eigenvalue weighted by atomic mass is 33.1. The number of aromatic hydroxyl groups is 2. The summed E-state index contributed by atoms with van der Waals surface area (Å²) in [5.41, 5.74) is 53.0. The average Bonchev–Trinajstić information content (AvgIpc) is 1.73. The van der Waals surface area contributed by atoms with Gasteiger partial charge in [0.25, 0.3) is 0 Å². The van der Waals surface area contributed by atoms with Gasteiger partial charge in [-0.15, -0.1) is 0 Å². The first-order valence-electron chi connectivity index (χ1n) is 47.3. The molecule has 0 bridgehead atoms. The molecular formula is C90H141N33O18S2. The first kappa shape index (κ1) is 117. The molecule has 4 aromatic carbocycles. The van der Waals surface area contributed by atoms with Crippen molar-refractivity contribution in [2.24, 2.45) is 51.6 Å². The van der Waals surface area contributed by atoms with E-state index in [-0.39, 0.29) is 204 Å². The first-order chi connectivity index (χ1) is 68.2. The Morgan fingerprint density at radius 3 is 1.29 bits per heavy atom. The van der Waals surface area contributed by atoms with E-state index in [1.54, 1.807) is 24.3 Å². The molecule has 0 unspecified atom stereocenters. The molecule has 44 N–H and O–H groups in total. The molecule has 0 radical (unpaired) electrons. The number of carboxylic acid groups (broad SMARTS) is 1. The van der Waals surface area contributed by atoms with E-state index in [0.29, 0.717) is 24.0 Å². The van der Waals surface area contributed by atoms with Crippen LogP contribution in [0.1, 0.15) is 145 Å². The number of nitrogens with zero attached hydrogens (tertiary/aromatic N) is 1. The molecule has 2 aliphatic rings. The van der Waals surface area contributed by atoms with Crippen molar-refractivity contribution in [2.45, 2.75) is 232 Å². The molecule has 0 spiro atoms. The summed E-state index contributed by atoms with van der Waals surface area (Å²) in [5.74, 6) is -18.5. The molecule has 53 heteroatoms. The monoisotopic (exact) mass is 2040 g/mol. The Morgan fingerprint density at radius 1 is 0.413 bits per heavy atom.